The van der Waals surface area contributed by atoms with Gasteiger partial charge in [-0.2, -0.15) is 0 Å². The summed E-state index contributed by atoms with van der Waals surface area (Å²) < 4.78 is 0. The monoisotopic (exact) mass is 385 g/mol. The van der Waals surface area contributed by atoms with Gasteiger partial charge in [-0.1, -0.05) is 30.3 Å². The number of benzene rings is 1. The van der Waals surface area contributed by atoms with Crippen LogP contribution < -0.4 is 0 Å². The molecule has 0 N–H and O–H groups in total. The normalized spacial score (nSPS) is 23.0. The lowest BCUT2D eigenvalue weighted by Gasteiger charge is -2.39. The Kier molecular flexibility index (Phi) is 6.76. The Morgan fingerprint density at radius 3 is 2.64 bits per heavy atom. The van der Waals surface area contributed by atoms with Crippen LogP contribution in [0.1, 0.15) is 45.1 Å². The summed E-state index contributed by atoms with van der Waals surface area (Å²) in [6, 6.07) is 10.7. The second kappa shape index (κ2) is 9.08. The molecule has 28 heavy (non-hydrogen) atoms. The average Bonchev–Trinajstić information content (AvgIpc) is 3.08. The van der Waals surface area contributed by atoms with E-state index in [-0.39, 0.29) is 17.4 Å². The van der Waals surface area contributed by atoms with E-state index >= 15 is 0 Å². The molecule has 1 spiro atoms. The highest BCUT2D eigenvalue weighted by Crippen LogP contribution is 2.40. The summed E-state index contributed by atoms with van der Waals surface area (Å²) in [5.74, 6) is 0.467. The first-order valence-corrected chi connectivity index (χ1v) is 10.7. The molecule has 5 nitrogen and oxygen atoms in total. The molecular formula is C23H35N3O2. The zero-order valence-corrected chi connectivity index (χ0v) is 17.7. The van der Waals surface area contributed by atoms with E-state index in [2.05, 4.69) is 34.1 Å². The molecule has 0 aliphatic carbocycles. The van der Waals surface area contributed by atoms with Crippen LogP contribution in [0.5, 0.6) is 0 Å². The fourth-order valence-corrected chi connectivity index (χ4v) is 4.55. The number of rotatable bonds is 7. The molecule has 2 fully saturated rings. The number of likely N-dealkylation sites (tertiary alicyclic amines) is 2. The molecule has 2 aliphatic heterocycles. The highest BCUT2D eigenvalue weighted by molar-refractivity contribution is 5.84. The number of aryl methyl sites for hydroxylation is 1. The quantitative estimate of drug-likeness (QED) is 0.725. The molecule has 154 valence electrons. The Morgan fingerprint density at radius 2 is 1.93 bits per heavy atom. The number of carbonyl (C=O) groups excluding carboxylic acids is 2. The van der Waals surface area contributed by atoms with Crippen LogP contribution >= 0.6 is 0 Å². The zero-order valence-electron chi connectivity index (χ0n) is 17.7. The van der Waals surface area contributed by atoms with E-state index in [1.807, 2.05) is 27.0 Å². The van der Waals surface area contributed by atoms with Crippen molar-refractivity contribution in [3.05, 3.63) is 35.9 Å². The van der Waals surface area contributed by atoms with E-state index in [4.69, 9.17) is 0 Å². The van der Waals surface area contributed by atoms with Crippen molar-refractivity contribution in [2.24, 2.45) is 5.41 Å². The molecular weight excluding hydrogens is 350 g/mol. The van der Waals surface area contributed by atoms with Gasteiger partial charge in [0.15, 0.2) is 0 Å². The molecule has 5 heteroatoms. The van der Waals surface area contributed by atoms with Crippen molar-refractivity contribution in [1.82, 2.24) is 14.7 Å². The van der Waals surface area contributed by atoms with Crippen LogP contribution in [0.15, 0.2) is 30.3 Å². The summed E-state index contributed by atoms with van der Waals surface area (Å²) in [6.07, 6.45) is 4.95. The Bertz CT molecular complexity index is 676. The van der Waals surface area contributed by atoms with Crippen molar-refractivity contribution in [1.29, 1.82) is 0 Å². The van der Waals surface area contributed by atoms with E-state index in [0.29, 0.717) is 12.5 Å². The number of piperidine rings is 1. The maximum Gasteiger partial charge on any atom is 0.236 e. The van der Waals surface area contributed by atoms with Gasteiger partial charge in [-0.15, -0.1) is 0 Å². The highest BCUT2D eigenvalue weighted by Gasteiger charge is 2.48. The fraction of sp³-hybridized carbons (Fsp3) is 0.652. The van der Waals surface area contributed by atoms with Crippen molar-refractivity contribution in [2.45, 2.75) is 52.0 Å². The molecule has 1 aromatic carbocycles. The first kappa shape index (κ1) is 20.8. The van der Waals surface area contributed by atoms with Gasteiger partial charge in [-0.05, 0) is 58.1 Å². The van der Waals surface area contributed by atoms with Crippen LogP contribution in [0.25, 0.3) is 0 Å². The third-order valence-electron chi connectivity index (χ3n) is 6.52. The van der Waals surface area contributed by atoms with Crippen LogP contribution in [0.2, 0.25) is 0 Å². The number of hydrogen-bond donors (Lipinski definition) is 0. The minimum absolute atomic E-state index is 0.148. The van der Waals surface area contributed by atoms with Gasteiger partial charge < -0.3 is 9.80 Å². The van der Waals surface area contributed by atoms with Crippen LogP contribution in [0, 0.1) is 5.41 Å². The molecule has 0 radical (unpaired) electrons. The molecule has 0 aromatic heterocycles. The number of hydrogen-bond acceptors (Lipinski definition) is 3. The fourth-order valence-electron chi connectivity index (χ4n) is 4.55. The first-order valence-electron chi connectivity index (χ1n) is 10.7. The Morgan fingerprint density at radius 1 is 1.18 bits per heavy atom. The van der Waals surface area contributed by atoms with Gasteiger partial charge in [0, 0.05) is 32.7 Å². The smallest absolute Gasteiger partial charge is 0.236 e. The molecule has 0 unspecified atom stereocenters. The van der Waals surface area contributed by atoms with Gasteiger partial charge >= 0.3 is 0 Å². The second-order valence-corrected chi connectivity index (χ2v) is 8.82. The van der Waals surface area contributed by atoms with Crippen molar-refractivity contribution >= 4 is 11.8 Å². The van der Waals surface area contributed by atoms with Gasteiger partial charge in [0.2, 0.25) is 11.8 Å². The van der Waals surface area contributed by atoms with E-state index < -0.39 is 0 Å². The Labute approximate surface area is 169 Å². The lowest BCUT2D eigenvalue weighted by atomic mass is 9.78. The van der Waals surface area contributed by atoms with E-state index in [0.717, 1.165) is 58.3 Å². The summed E-state index contributed by atoms with van der Waals surface area (Å²) in [5, 5.41) is 0. The Balaban J connectivity index is 1.52. The molecule has 2 aliphatic rings. The minimum atomic E-state index is -0.262. The van der Waals surface area contributed by atoms with E-state index in [1.165, 1.54) is 5.56 Å². The topological polar surface area (TPSA) is 43.9 Å². The average molecular weight is 386 g/mol. The van der Waals surface area contributed by atoms with Crippen molar-refractivity contribution in [3.8, 4) is 0 Å². The molecule has 0 saturated carbocycles. The summed E-state index contributed by atoms with van der Waals surface area (Å²) in [5.41, 5.74) is 1.07. The highest BCUT2D eigenvalue weighted by atomic mass is 16.2. The molecule has 0 bridgehead atoms. The van der Waals surface area contributed by atoms with Crippen LogP contribution in [-0.2, 0) is 16.0 Å². The first-order chi connectivity index (χ1) is 13.4. The van der Waals surface area contributed by atoms with Crippen LogP contribution in [0.3, 0.4) is 0 Å². The predicted molar refractivity (Wildman–Crippen MR) is 112 cm³/mol. The molecule has 1 atom stereocenters. The van der Waals surface area contributed by atoms with Gasteiger partial charge in [-0.25, -0.2) is 0 Å². The maximum absolute atomic E-state index is 13.3. The van der Waals surface area contributed by atoms with Gasteiger partial charge in [-0.3, -0.25) is 14.5 Å². The molecule has 3 rings (SSSR count). The van der Waals surface area contributed by atoms with Crippen LogP contribution in [-0.4, -0.2) is 72.3 Å². The van der Waals surface area contributed by atoms with Crippen LogP contribution in [0.4, 0.5) is 0 Å². The third kappa shape index (κ3) is 4.75. The van der Waals surface area contributed by atoms with Crippen molar-refractivity contribution in [3.63, 3.8) is 0 Å². The largest absolute Gasteiger partial charge is 0.342 e. The standard InChI is InChI=1S/C23H35N3O2/c1-19(2)24(3)21(27)17-25-16-13-23(18-25)12-8-15-26(22(23)28)14-7-11-20-9-5-4-6-10-20/h4-6,9-10,19H,7-8,11-18H2,1-3H3/t23-/m0/s1. The van der Waals surface area contributed by atoms with Gasteiger partial charge in [0.1, 0.15) is 0 Å². The predicted octanol–water partition coefficient (Wildman–Crippen LogP) is 2.80. The van der Waals surface area contributed by atoms with Gasteiger partial charge in [0.05, 0.1) is 12.0 Å². The maximum atomic E-state index is 13.3. The Hall–Kier alpha value is -1.88. The molecule has 2 amide bonds. The number of nitrogens with zero attached hydrogens (tertiary/aromatic N) is 3. The molecule has 2 saturated heterocycles. The molecule has 1 aromatic rings. The lowest BCUT2D eigenvalue weighted by molar-refractivity contribution is -0.146. The second-order valence-electron chi connectivity index (χ2n) is 8.82. The number of amides is 2. The summed E-state index contributed by atoms with van der Waals surface area (Å²) in [6.45, 7) is 7.79. The molecule has 2 heterocycles. The third-order valence-corrected chi connectivity index (χ3v) is 6.52. The van der Waals surface area contributed by atoms with E-state index in [1.54, 1.807) is 4.90 Å². The van der Waals surface area contributed by atoms with Crippen molar-refractivity contribution < 1.29 is 9.59 Å². The minimum Gasteiger partial charge on any atom is -0.342 e. The summed E-state index contributed by atoms with van der Waals surface area (Å²) in [4.78, 5) is 31.8. The van der Waals surface area contributed by atoms with E-state index in [9.17, 15) is 9.59 Å². The number of carbonyl (C=O) groups is 2. The summed E-state index contributed by atoms with van der Waals surface area (Å²) in [7, 11) is 1.86. The SMILES string of the molecule is CC(C)N(C)C(=O)CN1CC[C@@]2(CCCN(CCCc3ccccc3)C2=O)C1. The number of likely N-dealkylation sites (N-methyl/N-ethyl adjacent to an activating group) is 1. The zero-order chi connectivity index (χ0) is 20.1. The van der Waals surface area contributed by atoms with Crippen molar-refractivity contribution in [2.75, 3.05) is 39.8 Å². The summed E-state index contributed by atoms with van der Waals surface area (Å²) >= 11 is 0. The van der Waals surface area contributed by atoms with Gasteiger partial charge in [0.25, 0.3) is 0 Å². The lowest BCUT2D eigenvalue weighted by Crippen LogP contribution is -2.50.